The van der Waals surface area contributed by atoms with E-state index < -0.39 is 5.91 Å². The molecule has 10 heteroatoms. The minimum Gasteiger partial charge on any atom is -0.496 e. The molecule has 3 rings (SSSR count). The van der Waals surface area contributed by atoms with Crippen LogP contribution in [0.15, 0.2) is 46.0 Å². The Morgan fingerprint density at radius 1 is 1.22 bits per heavy atom. The lowest BCUT2D eigenvalue weighted by Gasteiger charge is -2.11. The molecule has 0 radical (unpaired) electrons. The van der Waals surface area contributed by atoms with Crippen molar-refractivity contribution in [2.24, 2.45) is 5.10 Å². The van der Waals surface area contributed by atoms with Gasteiger partial charge in [0.15, 0.2) is 6.61 Å². The standard InChI is InChI=1S/C22H21BrCl2N4O3/c1-13-22(23)14(2)29(28-13)11-16-8-15(4-6-19(16)31-3)10-26-27-21(30)12-32-20-7-5-17(24)9-18(20)25/h4-10H,11-12H2,1-3H3,(H,27,30)/b26-10-. The molecular weight excluding hydrogens is 519 g/mol. The van der Waals surface area contributed by atoms with Crippen LogP contribution in [-0.4, -0.2) is 35.6 Å². The van der Waals surface area contributed by atoms with E-state index in [1.807, 2.05) is 36.7 Å². The maximum Gasteiger partial charge on any atom is 0.277 e. The number of amides is 1. The number of carbonyl (C=O) groups excluding carboxylic acids is 1. The Balaban J connectivity index is 1.63. The molecule has 168 valence electrons. The molecule has 1 amide bonds. The normalized spacial score (nSPS) is 11.1. The van der Waals surface area contributed by atoms with E-state index in [2.05, 4.69) is 31.6 Å². The van der Waals surface area contributed by atoms with Crippen LogP contribution in [0.4, 0.5) is 0 Å². The van der Waals surface area contributed by atoms with Crippen molar-refractivity contribution in [1.29, 1.82) is 0 Å². The van der Waals surface area contributed by atoms with Crippen LogP contribution in [0.3, 0.4) is 0 Å². The van der Waals surface area contributed by atoms with Gasteiger partial charge in [0, 0.05) is 10.6 Å². The Kier molecular flexibility index (Phi) is 8.17. The van der Waals surface area contributed by atoms with Gasteiger partial charge in [-0.25, -0.2) is 5.43 Å². The van der Waals surface area contributed by atoms with Gasteiger partial charge in [-0.3, -0.25) is 9.48 Å². The molecule has 0 unspecified atom stereocenters. The fraction of sp³-hybridized carbons (Fsp3) is 0.227. The molecule has 0 saturated carbocycles. The van der Waals surface area contributed by atoms with Crippen LogP contribution in [-0.2, 0) is 11.3 Å². The van der Waals surface area contributed by atoms with Crippen molar-refractivity contribution in [1.82, 2.24) is 15.2 Å². The molecule has 7 nitrogen and oxygen atoms in total. The van der Waals surface area contributed by atoms with E-state index in [1.165, 1.54) is 0 Å². The molecule has 2 aromatic carbocycles. The zero-order valence-electron chi connectivity index (χ0n) is 17.7. The van der Waals surface area contributed by atoms with Crippen molar-refractivity contribution in [2.75, 3.05) is 13.7 Å². The molecule has 0 spiro atoms. The van der Waals surface area contributed by atoms with Gasteiger partial charge in [-0.2, -0.15) is 10.2 Å². The summed E-state index contributed by atoms with van der Waals surface area (Å²) in [5.74, 6) is 0.683. The number of hydrazone groups is 1. The number of aryl methyl sites for hydroxylation is 1. The number of hydrogen-bond acceptors (Lipinski definition) is 5. The maximum absolute atomic E-state index is 12.0. The van der Waals surface area contributed by atoms with Gasteiger partial charge in [-0.1, -0.05) is 23.2 Å². The number of benzene rings is 2. The van der Waals surface area contributed by atoms with Crippen molar-refractivity contribution in [3.8, 4) is 11.5 Å². The summed E-state index contributed by atoms with van der Waals surface area (Å²) in [7, 11) is 1.62. The lowest BCUT2D eigenvalue weighted by Crippen LogP contribution is -2.24. The van der Waals surface area contributed by atoms with Gasteiger partial charge >= 0.3 is 0 Å². The molecule has 0 fully saturated rings. The van der Waals surface area contributed by atoms with Crippen molar-refractivity contribution < 1.29 is 14.3 Å². The first-order valence-electron chi connectivity index (χ1n) is 9.54. The molecule has 0 bridgehead atoms. The Hall–Kier alpha value is -2.55. The Morgan fingerprint density at radius 2 is 1.97 bits per heavy atom. The Bertz CT molecular complexity index is 1160. The molecule has 1 N–H and O–H groups in total. The van der Waals surface area contributed by atoms with E-state index in [1.54, 1.807) is 31.5 Å². The van der Waals surface area contributed by atoms with E-state index in [4.69, 9.17) is 32.7 Å². The van der Waals surface area contributed by atoms with Crippen LogP contribution in [0, 0.1) is 13.8 Å². The molecule has 0 saturated heterocycles. The summed E-state index contributed by atoms with van der Waals surface area (Å²) in [6.45, 7) is 4.24. The molecule has 1 heterocycles. The summed E-state index contributed by atoms with van der Waals surface area (Å²) < 4.78 is 13.8. The number of carbonyl (C=O) groups is 1. The molecule has 0 aliphatic heterocycles. The highest BCUT2D eigenvalue weighted by molar-refractivity contribution is 9.10. The van der Waals surface area contributed by atoms with Crippen molar-refractivity contribution in [3.05, 3.63) is 73.4 Å². The summed E-state index contributed by atoms with van der Waals surface area (Å²) >= 11 is 15.4. The minimum atomic E-state index is -0.423. The first-order chi connectivity index (χ1) is 15.3. The van der Waals surface area contributed by atoms with Crippen molar-refractivity contribution in [3.63, 3.8) is 0 Å². The summed E-state index contributed by atoms with van der Waals surface area (Å²) in [4.78, 5) is 12.0. The number of nitrogens with one attached hydrogen (secondary N) is 1. The average Bonchev–Trinajstić information content (AvgIpc) is 3.00. The van der Waals surface area contributed by atoms with Crippen LogP contribution in [0.2, 0.25) is 10.0 Å². The summed E-state index contributed by atoms with van der Waals surface area (Å²) in [6, 6.07) is 10.4. The Labute approximate surface area is 204 Å². The van der Waals surface area contributed by atoms with Gasteiger partial charge in [0.1, 0.15) is 11.5 Å². The van der Waals surface area contributed by atoms with Crippen LogP contribution in [0.1, 0.15) is 22.5 Å². The van der Waals surface area contributed by atoms with Crippen LogP contribution in [0.25, 0.3) is 0 Å². The fourth-order valence-corrected chi connectivity index (χ4v) is 3.69. The summed E-state index contributed by atoms with van der Waals surface area (Å²) in [5.41, 5.74) is 6.10. The van der Waals surface area contributed by atoms with Crippen molar-refractivity contribution in [2.45, 2.75) is 20.4 Å². The molecule has 3 aromatic rings. The van der Waals surface area contributed by atoms with Crippen molar-refractivity contribution >= 4 is 51.3 Å². The zero-order chi connectivity index (χ0) is 23.3. The lowest BCUT2D eigenvalue weighted by molar-refractivity contribution is -0.123. The third-order valence-corrected chi connectivity index (χ3v) is 6.25. The first-order valence-corrected chi connectivity index (χ1v) is 11.1. The highest BCUT2D eigenvalue weighted by atomic mass is 79.9. The van der Waals surface area contributed by atoms with Gasteiger partial charge < -0.3 is 9.47 Å². The number of ether oxygens (including phenoxy) is 2. The highest BCUT2D eigenvalue weighted by Gasteiger charge is 2.12. The second kappa shape index (κ2) is 10.8. The topological polar surface area (TPSA) is 77.7 Å². The molecule has 1 aromatic heterocycles. The van der Waals surface area contributed by atoms with Gasteiger partial charge in [0.05, 0.1) is 40.8 Å². The molecular formula is C22H21BrCl2N4O3. The second-order valence-corrected chi connectivity index (χ2v) is 8.51. The number of hydrogen-bond donors (Lipinski definition) is 1. The first kappa shape index (κ1) is 24.1. The number of rotatable bonds is 8. The SMILES string of the molecule is COc1ccc(/C=N\NC(=O)COc2ccc(Cl)cc2Cl)cc1Cn1nc(C)c(Br)c1C. The van der Waals surface area contributed by atoms with E-state index >= 15 is 0 Å². The molecule has 0 aliphatic carbocycles. The quantitative estimate of drug-likeness (QED) is 0.317. The van der Waals surface area contributed by atoms with Gasteiger partial charge in [0.25, 0.3) is 5.91 Å². The minimum absolute atomic E-state index is 0.237. The largest absolute Gasteiger partial charge is 0.496 e. The number of halogens is 3. The maximum atomic E-state index is 12.0. The molecule has 0 aliphatic rings. The predicted molar refractivity (Wildman–Crippen MR) is 129 cm³/mol. The monoisotopic (exact) mass is 538 g/mol. The van der Waals surface area contributed by atoms with E-state index in [0.717, 1.165) is 32.7 Å². The Morgan fingerprint density at radius 3 is 2.62 bits per heavy atom. The number of aromatic nitrogens is 2. The van der Waals surface area contributed by atoms with Crippen LogP contribution >= 0.6 is 39.1 Å². The van der Waals surface area contributed by atoms with Crippen LogP contribution < -0.4 is 14.9 Å². The second-order valence-electron chi connectivity index (χ2n) is 6.87. The van der Waals surface area contributed by atoms with E-state index in [9.17, 15) is 4.79 Å². The average molecular weight is 540 g/mol. The van der Waals surface area contributed by atoms with Gasteiger partial charge in [-0.15, -0.1) is 0 Å². The van der Waals surface area contributed by atoms with Gasteiger partial charge in [0.2, 0.25) is 0 Å². The highest BCUT2D eigenvalue weighted by Crippen LogP contribution is 2.27. The molecule has 32 heavy (non-hydrogen) atoms. The summed E-state index contributed by atoms with van der Waals surface area (Å²) in [5, 5.41) is 9.36. The third kappa shape index (κ3) is 6.03. The van der Waals surface area contributed by atoms with E-state index in [0.29, 0.717) is 22.3 Å². The van der Waals surface area contributed by atoms with E-state index in [-0.39, 0.29) is 6.61 Å². The zero-order valence-corrected chi connectivity index (χ0v) is 20.8. The molecule has 0 atom stereocenters. The smallest absolute Gasteiger partial charge is 0.277 e. The van der Waals surface area contributed by atoms with Crippen LogP contribution in [0.5, 0.6) is 11.5 Å². The number of methoxy groups -OCH3 is 1. The number of nitrogens with zero attached hydrogens (tertiary/aromatic N) is 3. The summed E-state index contributed by atoms with van der Waals surface area (Å²) in [6.07, 6.45) is 1.55. The fourth-order valence-electron chi connectivity index (χ4n) is 2.94. The predicted octanol–water partition coefficient (Wildman–Crippen LogP) is 5.16. The lowest BCUT2D eigenvalue weighted by atomic mass is 10.1. The third-order valence-electron chi connectivity index (χ3n) is 4.57. The van der Waals surface area contributed by atoms with Gasteiger partial charge in [-0.05, 0) is 71.7 Å².